The molecule has 4 heterocycles. The molecule has 3 aliphatic heterocycles. The Morgan fingerprint density at radius 2 is 1.96 bits per heavy atom. The van der Waals surface area contributed by atoms with Crippen LogP contribution in [0.1, 0.15) is 55.2 Å². The highest BCUT2D eigenvalue weighted by Gasteiger charge is 2.56. The molecular weight excluding hydrogens is 362 g/mol. The Morgan fingerprint density at radius 3 is 2.56 bits per heavy atom. The van der Waals surface area contributed by atoms with Gasteiger partial charge in [0.15, 0.2) is 0 Å². The molecule has 27 heavy (non-hydrogen) atoms. The van der Waals surface area contributed by atoms with Crippen molar-refractivity contribution in [3.05, 3.63) is 16.1 Å². The number of amides is 2. The van der Waals surface area contributed by atoms with Gasteiger partial charge in [-0.25, -0.2) is 4.98 Å². The minimum Gasteiger partial charge on any atom is -0.379 e. The van der Waals surface area contributed by atoms with Gasteiger partial charge in [-0.1, -0.05) is 20.8 Å². The van der Waals surface area contributed by atoms with E-state index in [1.807, 2.05) is 9.80 Å². The standard InChI is InChI=1S/C20H29N3O3S/c1-13(24)23-12-20(14-10-26-11-15(14)23)5-7-22(8-6-20)17(25)16-9-21-18(27-16)19(2,3)4/h9,14-15H,5-8,10-12H2,1-4H3/t14-,15+/m0/s1. The second-order valence-corrected chi connectivity index (χ2v) is 10.3. The Kier molecular flexibility index (Phi) is 4.58. The predicted octanol–water partition coefficient (Wildman–Crippen LogP) is 2.54. The van der Waals surface area contributed by atoms with Gasteiger partial charge in [-0.05, 0) is 18.3 Å². The van der Waals surface area contributed by atoms with Crippen molar-refractivity contribution in [3.8, 4) is 0 Å². The van der Waals surface area contributed by atoms with Gasteiger partial charge in [-0.3, -0.25) is 9.59 Å². The summed E-state index contributed by atoms with van der Waals surface area (Å²) < 4.78 is 5.72. The molecule has 4 rings (SSSR count). The first-order valence-corrected chi connectivity index (χ1v) is 10.6. The van der Waals surface area contributed by atoms with Crippen LogP contribution in [0.5, 0.6) is 0 Å². The van der Waals surface area contributed by atoms with Crippen LogP contribution in [0.3, 0.4) is 0 Å². The lowest BCUT2D eigenvalue weighted by Crippen LogP contribution is -2.47. The zero-order valence-corrected chi connectivity index (χ0v) is 17.5. The summed E-state index contributed by atoms with van der Waals surface area (Å²) in [6, 6.07) is 0.223. The van der Waals surface area contributed by atoms with E-state index in [-0.39, 0.29) is 28.7 Å². The molecule has 1 aromatic heterocycles. The maximum atomic E-state index is 13.0. The molecule has 0 unspecified atom stereocenters. The lowest BCUT2D eigenvalue weighted by atomic mass is 9.70. The van der Waals surface area contributed by atoms with Crippen molar-refractivity contribution in [2.24, 2.45) is 11.3 Å². The molecule has 0 aromatic carbocycles. The van der Waals surface area contributed by atoms with E-state index >= 15 is 0 Å². The number of hydrogen-bond donors (Lipinski definition) is 0. The van der Waals surface area contributed by atoms with Crippen molar-refractivity contribution in [2.45, 2.75) is 52.0 Å². The number of carbonyl (C=O) groups is 2. The summed E-state index contributed by atoms with van der Waals surface area (Å²) in [6.45, 7) is 11.7. The highest BCUT2D eigenvalue weighted by atomic mass is 32.1. The third-order valence-corrected chi connectivity index (χ3v) is 7.94. The molecule has 3 saturated heterocycles. The van der Waals surface area contributed by atoms with Crippen LogP contribution in [0.2, 0.25) is 0 Å². The lowest BCUT2D eigenvalue weighted by molar-refractivity contribution is -0.130. The number of fused-ring (bicyclic) bond motifs is 2. The highest BCUT2D eigenvalue weighted by molar-refractivity contribution is 7.13. The molecule has 1 spiro atoms. The predicted molar refractivity (Wildman–Crippen MR) is 104 cm³/mol. The molecule has 0 saturated carbocycles. The summed E-state index contributed by atoms with van der Waals surface area (Å²) in [5, 5.41) is 0.998. The molecule has 0 N–H and O–H groups in total. The van der Waals surface area contributed by atoms with E-state index in [0.29, 0.717) is 12.5 Å². The molecular formula is C20H29N3O3S. The number of nitrogens with zero attached hydrogens (tertiary/aromatic N) is 3. The van der Waals surface area contributed by atoms with Gasteiger partial charge in [0.25, 0.3) is 5.91 Å². The van der Waals surface area contributed by atoms with Crippen LogP contribution in [-0.4, -0.2) is 65.5 Å². The number of hydrogen-bond acceptors (Lipinski definition) is 5. The maximum Gasteiger partial charge on any atom is 0.265 e. The quantitative estimate of drug-likeness (QED) is 0.738. The van der Waals surface area contributed by atoms with Gasteiger partial charge >= 0.3 is 0 Å². The topological polar surface area (TPSA) is 62.7 Å². The van der Waals surface area contributed by atoms with Crippen LogP contribution < -0.4 is 0 Å². The van der Waals surface area contributed by atoms with Gasteiger partial charge < -0.3 is 14.5 Å². The number of carbonyl (C=O) groups excluding carboxylic acids is 2. The van der Waals surface area contributed by atoms with Gasteiger partial charge in [0, 0.05) is 37.9 Å². The van der Waals surface area contributed by atoms with E-state index in [4.69, 9.17) is 4.74 Å². The fraction of sp³-hybridized carbons (Fsp3) is 0.750. The second kappa shape index (κ2) is 6.55. The Hall–Kier alpha value is -1.47. The van der Waals surface area contributed by atoms with Gasteiger partial charge in [0.05, 0.1) is 30.5 Å². The number of piperidine rings is 1. The minimum atomic E-state index is -0.0351. The smallest absolute Gasteiger partial charge is 0.265 e. The zero-order chi connectivity index (χ0) is 19.4. The SMILES string of the molecule is CC(=O)N1CC2(CCN(C(=O)c3cnc(C(C)(C)C)s3)CC2)[C@H]2COC[C@H]21. The summed E-state index contributed by atoms with van der Waals surface area (Å²) in [7, 11) is 0. The summed E-state index contributed by atoms with van der Waals surface area (Å²) in [4.78, 5) is 34.2. The first-order chi connectivity index (χ1) is 12.7. The average Bonchev–Trinajstić information content (AvgIpc) is 3.32. The molecule has 6 nitrogen and oxygen atoms in total. The van der Waals surface area contributed by atoms with Crippen molar-refractivity contribution in [1.82, 2.24) is 14.8 Å². The van der Waals surface area contributed by atoms with Crippen LogP contribution in [0, 0.1) is 11.3 Å². The van der Waals surface area contributed by atoms with Crippen LogP contribution in [0.15, 0.2) is 6.20 Å². The number of aromatic nitrogens is 1. The lowest BCUT2D eigenvalue weighted by Gasteiger charge is -2.41. The number of rotatable bonds is 1. The zero-order valence-electron chi connectivity index (χ0n) is 16.7. The summed E-state index contributed by atoms with van der Waals surface area (Å²) in [5.41, 5.74) is 0.0700. The monoisotopic (exact) mass is 391 g/mol. The third-order valence-electron chi connectivity index (χ3n) is 6.53. The van der Waals surface area contributed by atoms with Gasteiger partial charge in [-0.15, -0.1) is 11.3 Å². The first-order valence-electron chi connectivity index (χ1n) is 9.82. The molecule has 3 fully saturated rings. The second-order valence-electron chi connectivity index (χ2n) is 9.29. The van der Waals surface area contributed by atoms with E-state index in [2.05, 4.69) is 25.8 Å². The van der Waals surface area contributed by atoms with Crippen molar-refractivity contribution >= 4 is 23.2 Å². The summed E-state index contributed by atoms with van der Waals surface area (Å²) in [5.74, 6) is 0.651. The third kappa shape index (κ3) is 3.18. The summed E-state index contributed by atoms with van der Waals surface area (Å²) >= 11 is 1.51. The van der Waals surface area contributed by atoms with E-state index < -0.39 is 0 Å². The van der Waals surface area contributed by atoms with Crippen molar-refractivity contribution in [1.29, 1.82) is 0 Å². The fourth-order valence-corrected chi connectivity index (χ4v) is 5.85. The minimum absolute atomic E-state index is 0.0351. The Labute approximate surface area is 164 Å². The Bertz CT molecular complexity index is 746. The van der Waals surface area contributed by atoms with Gasteiger partial charge in [0.2, 0.25) is 5.91 Å². The van der Waals surface area contributed by atoms with Crippen molar-refractivity contribution < 1.29 is 14.3 Å². The van der Waals surface area contributed by atoms with Crippen LogP contribution in [-0.2, 0) is 14.9 Å². The number of ether oxygens (including phenoxy) is 1. The van der Waals surface area contributed by atoms with Crippen molar-refractivity contribution in [3.63, 3.8) is 0 Å². The maximum absolute atomic E-state index is 13.0. The molecule has 0 bridgehead atoms. The van der Waals surface area contributed by atoms with E-state index in [9.17, 15) is 9.59 Å². The molecule has 0 radical (unpaired) electrons. The first kappa shape index (κ1) is 18.9. The molecule has 2 amide bonds. The van der Waals surface area contributed by atoms with E-state index in [1.54, 1.807) is 13.1 Å². The average molecular weight is 392 g/mol. The molecule has 3 aliphatic rings. The summed E-state index contributed by atoms with van der Waals surface area (Å²) in [6.07, 6.45) is 3.61. The Balaban J connectivity index is 1.45. The van der Waals surface area contributed by atoms with Gasteiger partial charge in [-0.2, -0.15) is 0 Å². The van der Waals surface area contributed by atoms with E-state index in [0.717, 1.165) is 49.0 Å². The number of likely N-dealkylation sites (tertiary alicyclic amines) is 2. The molecule has 7 heteroatoms. The fourth-order valence-electron chi connectivity index (χ4n) is 4.91. The van der Waals surface area contributed by atoms with Crippen molar-refractivity contribution in [2.75, 3.05) is 32.8 Å². The largest absolute Gasteiger partial charge is 0.379 e. The van der Waals surface area contributed by atoms with Crippen LogP contribution in [0.4, 0.5) is 0 Å². The molecule has 148 valence electrons. The normalized spacial score (nSPS) is 27.3. The molecule has 0 aliphatic carbocycles. The van der Waals surface area contributed by atoms with Gasteiger partial charge in [0.1, 0.15) is 4.88 Å². The molecule has 1 aromatic rings. The highest BCUT2D eigenvalue weighted by Crippen LogP contribution is 2.50. The Morgan fingerprint density at radius 1 is 1.26 bits per heavy atom. The van der Waals surface area contributed by atoms with E-state index in [1.165, 1.54) is 11.3 Å². The molecule has 2 atom stereocenters. The number of thiazole rings is 1. The van der Waals surface area contributed by atoms with Crippen LogP contribution >= 0.6 is 11.3 Å². The van der Waals surface area contributed by atoms with Crippen LogP contribution in [0.25, 0.3) is 0 Å².